The van der Waals surface area contributed by atoms with E-state index < -0.39 is 0 Å². The van der Waals surface area contributed by atoms with Gasteiger partial charge in [0.15, 0.2) is 17.5 Å². The highest BCUT2D eigenvalue weighted by atomic mass is 15.2. The van der Waals surface area contributed by atoms with Gasteiger partial charge < -0.3 is 9.47 Å². The first kappa shape index (κ1) is 37.4. The molecular weight excluding hydrogens is 791 g/mol. The average Bonchev–Trinajstić information content (AvgIpc) is 3.96. The van der Waals surface area contributed by atoms with Crippen molar-refractivity contribution >= 4 is 38.8 Å². The molecule has 0 saturated carbocycles. The molecule has 0 amide bonds. The van der Waals surface area contributed by atoms with Gasteiger partial charge in [-0.1, -0.05) is 172 Å². The minimum absolute atomic E-state index is 0.151. The fourth-order valence-corrected chi connectivity index (χ4v) is 10.8. The largest absolute Gasteiger partial charge is 0.333 e. The number of anilines is 2. The van der Waals surface area contributed by atoms with Crippen molar-refractivity contribution in [2.24, 2.45) is 0 Å². The Hall–Kier alpha value is -8.15. The highest BCUT2D eigenvalue weighted by Crippen LogP contribution is 2.54. The van der Waals surface area contributed by atoms with Crippen molar-refractivity contribution in [2.45, 2.75) is 31.2 Å². The minimum atomic E-state index is -0.259. The predicted octanol–water partition coefficient (Wildman–Crippen LogP) is 14.5. The predicted molar refractivity (Wildman–Crippen MR) is 267 cm³/mol. The molecule has 2 aliphatic carbocycles. The summed E-state index contributed by atoms with van der Waals surface area (Å²) in [6.45, 7) is 4.71. The number of rotatable bonds is 6. The first-order valence-electron chi connectivity index (χ1n) is 22.5. The SMILES string of the molecule is CC1(C)c2cc(-c3nc(-c4ccccc4)nc(-c4ccccc4)n3)ccc2-c2ccc(N3c4ccccc4C4C=C(c5ccc6c(c5)c5ccccc5n6-c5ccccc5)C=CC43)cc21. The van der Waals surface area contributed by atoms with Crippen LogP contribution in [0.25, 0.3) is 78.4 Å². The van der Waals surface area contributed by atoms with Crippen LogP contribution < -0.4 is 4.90 Å². The number of para-hydroxylation sites is 3. The Bertz CT molecular complexity index is 3530. The van der Waals surface area contributed by atoms with Gasteiger partial charge in [0.25, 0.3) is 0 Å². The molecule has 0 radical (unpaired) electrons. The van der Waals surface area contributed by atoms with Crippen molar-refractivity contribution in [3.8, 4) is 51.0 Å². The zero-order valence-corrected chi connectivity index (χ0v) is 36.1. The van der Waals surface area contributed by atoms with Gasteiger partial charge in [0.2, 0.25) is 0 Å². The fraction of sp³-hybridized carbons (Fsp3) is 0.0833. The summed E-state index contributed by atoms with van der Waals surface area (Å²) in [4.78, 5) is 17.6. The van der Waals surface area contributed by atoms with E-state index in [0.717, 1.165) is 16.7 Å². The second-order valence-electron chi connectivity index (χ2n) is 18.0. The molecule has 5 heteroatoms. The van der Waals surface area contributed by atoms with Crippen LogP contribution in [0.1, 0.15) is 42.0 Å². The third-order valence-electron chi connectivity index (χ3n) is 14.0. The van der Waals surface area contributed by atoms with Gasteiger partial charge in [-0.05, 0) is 93.6 Å². The van der Waals surface area contributed by atoms with E-state index in [2.05, 4.69) is 199 Å². The maximum absolute atomic E-state index is 5.07. The molecule has 2 unspecified atom stereocenters. The zero-order chi connectivity index (χ0) is 43.2. The molecule has 3 heterocycles. The van der Waals surface area contributed by atoms with Gasteiger partial charge in [-0.2, -0.15) is 0 Å². The van der Waals surface area contributed by atoms with Crippen LogP contribution in [-0.4, -0.2) is 25.6 Å². The van der Waals surface area contributed by atoms with Crippen LogP contribution in [0.5, 0.6) is 0 Å². The zero-order valence-electron chi connectivity index (χ0n) is 36.1. The molecule has 0 fully saturated rings. The number of aromatic nitrogens is 4. The Morgan fingerprint density at radius 2 is 1.05 bits per heavy atom. The second-order valence-corrected chi connectivity index (χ2v) is 18.0. The topological polar surface area (TPSA) is 46.8 Å². The highest BCUT2D eigenvalue weighted by molar-refractivity contribution is 6.10. The maximum Gasteiger partial charge on any atom is 0.164 e. The Balaban J connectivity index is 0.852. The lowest BCUT2D eigenvalue weighted by Gasteiger charge is -2.31. The summed E-state index contributed by atoms with van der Waals surface area (Å²) in [7, 11) is 0. The van der Waals surface area contributed by atoms with Crippen LogP contribution in [0.4, 0.5) is 11.4 Å². The molecule has 1 aliphatic heterocycles. The smallest absolute Gasteiger partial charge is 0.164 e. The molecule has 10 aromatic rings. The summed E-state index contributed by atoms with van der Waals surface area (Å²) in [6.07, 6.45) is 7.28. The highest BCUT2D eigenvalue weighted by Gasteiger charge is 2.41. The molecule has 0 N–H and O–H groups in total. The normalized spacial score (nSPS) is 16.6. The van der Waals surface area contributed by atoms with E-state index in [1.165, 1.54) is 77.8 Å². The first-order valence-corrected chi connectivity index (χ1v) is 22.5. The molecule has 308 valence electrons. The Labute approximate surface area is 378 Å². The van der Waals surface area contributed by atoms with Gasteiger partial charge in [-0.15, -0.1) is 0 Å². The lowest BCUT2D eigenvalue weighted by atomic mass is 9.81. The summed E-state index contributed by atoms with van der Waals surface area (Å²) < 4.78 is 2.38. The van der Waals surface area contributed by atoms with Crippen molar-refractivity contribution in [2.75, 3.05) is 4.90 Å². The van der Waals surface area contributed by atoms with Crippen molar-refractivity contribution < 1.29 is 0 Å². The van der Waals surface area contributed by atoms with Gasteiger partial charge in [0.1, 0.15) is 0 Å². The van der Waals surface area contributed by atoms with Crippen molar-refractivity contribution in [1.82, 2.24) is 19.5 Å². The number of benzene rings is 8. The van der Waals surface area contributed by atoms with E-state index in [1.807, 2.05) is 36.4 Å². The molecule has 0 saturated heterocycles. The lowest BCUT2D eigenvalue weighted by Crippen LogP contribution is -2.29. The summed E-state index contributed by atoms with van der Waals surface area (Å²) in [5, 5.41) is 2.53. The van der Waals surface area contributed by atoms with Gasteiger partial charge >= 0.3 is 0 Å². The third kappa shape index (κ3) is 5.89. The number of nitrogens with zero attached hydrogens (tertiary/aromatic N) is 5. The molecule has 65 heavy (non-hydrogen) atoms. The van der Waals surface area contributed by atoms with E-state index in [0.29, 0.717) is 17.5 Å². The van der Waals surface area contributed by atoms with Crippen molar-refractivity contribution in [3.05, 3.63) is 235 Å². The Morgan fingerprint density at radius 1 is 0.462 bits per heavy atom. The minimum Gasteiger partial charge on any atom is -0.333 e. The summed E-state index contributed by atoms with van der Waals surface area (Å²) in [5.74, 6) is 2.20. The number of fused-ring (bicyclic) bond motifs is 9. The summed E-state index contributed by atoms with van der Waals surface area (Å²) >= 11 is 0. The summed E-state index contributed by atoms with van der Waals surface area (Å²) in [5.41, 5.74) is 17.7. The molecule has 8 aromatic carbocycles. The number of allylic oxidation sites excluding steroid dienone is 2. The van der Waals surface area contributed by atoms with Crippen LogP contribution >= 0.6 is 0 Å². The van der Waals surface area contributed by atoms with Gasteiger partial charge in [0.05, 0.1) is 17.1 Å². The standard InChI is InChI=1S/C60H43N5/c1-60(2)51-36-42(59-62-57(38-16-6-3-7-17-38)61-58(63-59)39-18-8-4-9-19-39)26-30-45(51)46-31-29-44(37-52(46)60)65-54-25-15-13-23-48(54)50-35-41(28-33-56(50)65)40-27-32-55-49(34-40)47-22-12-14-24-53(47)64(55)43-20-10-5-11-21-43/h3-37,50,56H,1-2H3. The fourth-order valence-electron chi connectivity index (χ4n) is 10.8. The quantitative estimate of drug-likeness (QED) is 0.167. The number of hydrogen-bond acceptors (Lipinski definition) is 4. The third-order valence-corrected chi connectivity index (χ3v) is 14.0. The van der Waals surface area contributed by atoms with Crippen LogP contribution in [0.2, 0.25) is 0 Å². The van der Waals surface area contributed by atoms with E-state index in [-0.39, 0.29) is 17.4 Å². The Kier molecular flexibility index (Phi) is 8.31. The average molecular weight is 834 g/mol. The molecule has 2 atom stereocenters. The van der Waals surface area contributed by atoms with Crippen molar-refractivity contribution in [3.63, 3.8) is 0 Å². The maximum atomic E-state index is 5.07. The molecule has 13 rings (SSSR count). The van der Waals surface area contributed by atoms with Crippen molar-refractivity contribution in [1.29, 1.82) is 0 Å². The van der Waals surface area contributed by atoms with Crippen LogP contribution in [0.3, 0.4) is 0 Å². The Morgan fingerprint density at radius 3 is 1.78 bits per heavy atom. The lowest BCUT2D eigenvalue weighted by molar-refractivity contribution is 0.659. The molecule has 0 bridgehead atoms. The molecule has 2 aromatic heterocycles. The molecule has 3 aliphatic rings. The van der Waals surface area contributed by atoms with E-state index in [1.54, 1.807) is 0 Å². The van der Waals surface area contributed by atoms with Crippen LogP contribution in [-0.2, 0) is 5.41 Å². The monoisotopic (exact) mass is 833 g/mol. The van der Waals surface area contributed by atoms with Crippen LogP contribution in [0, 0.1) is 0 Å². The van der Waals surface area contributed by atoms with Gasteiger partial charge in [-0.25, -0.2) is 15.0 Å². The van der Waals surface area contributed by atoms with E-state index in [4.69, 9.17) is 15.0 Å². The second kappa shape index (κ2) is 14.4. The number of hydrogen-bond donors (Lipinski definition) is 0. The van der Waals surface area contributed by atoms with Gasteiger partial charge in [-0.3, -0.25) is 0 Å². The van der Waals surface area contributed by atoms with E-state index >= 15 is 0 Å². The molecule has 0 spiro atoms. The first-order chi connectivity index (χ1) is 32.0. The van der Waals surface area contributed by atoms with Gasteiger partial charge in [0, 0.05) is 55.9 Å². The summed E-state index contributed by atoms with van der Waals surface area (Å²) in [6, 6.07) is 69.8. The van der Waals surface area contributed by atoms with Crippen LogP contribution in [0.15, 0.2) is 212 Å². The molecule has 5 nitrogen and oxygen atoms in total. The van der Waals surface area contributed by atoms with E-state index in [9.17, 15) is 0 Å². The molecular formula is C60H43N5.